The quantitative estimate of drug-likeness (QED) is 0.577. The predicted octanol–water partition coefficient (Wildman–Crippen LogP) is 3.11. The standard InChI is InChI=1S/C19H16Cl2N4O4/c1-4-15(27)23-8-14-22-7-10-19(25-14)11(26)5-9(24-10)16-17(20)12(28-2)6-13(29-3)18(16)21/h4-7H,1,8H2,2-3H3,(H,23,27)(H,24,26). The van der Waals surface area contributed by atoms with Crippen LogP contribution in [0.5, 0.6) is 11.5 Å². The molecular weight excluding hydrogens is 419 g/mol. The van der Waals surface area contributed by atoms with Gasteiger partial charge in [0.25, 0.3) is 0 Å². The molecule has 0 bridgehead atoms. The average molecular weight is 435 g/mol. The van der Waals surface area contributed by atoms with Crippen LogP contribution in [0.25, 0.3) is 22.3 Å². The van der Waals surface area contributed by atoms with Crippen LogP contribution in [0.2, 0.25) is 10.0 Å². The maximum Gasteiger partial charge on any atom is 0.243 e. The molecule has 0 atom stereocenters. The molecular formula is C19H16Cl2N4O4. The fraction of sp³-hybridized carbons (Fsp3) is 0.158. The fourth-order valence-electron chi connectivity index (χ4n) is 2.66. The molecule has 0 unspecified atom stereocenters. The lowest BCUT2D eigenvalue weighted by atomic mass is 10.1. The molecule has 1 aromatic carbocycles. The Morgan fingerprint density at radius 2 is 1.90 bits per heavy atom. The van der Waals surface area contributed by atoms with Crippen molar-refractivity contribution in [3.63, 3.8) is 0 Å². The number of halogens is 2. The Morgan fingerprint density at radius 3 is 2.48 bits per heavy atom. The van der Waals surface area contributed by atoms with Gasteiger partial charge >= 0.3 is 0 Å². The number of hydrogen-bond donors (Lipinski definition) is 2. The Kier molecular flexibility index (Phi) is 6.05. The van der Waals surface area contributed by atoms with E-state index in [9.17, 15) is 9.59 Å². The van der Waals surface area contributed by atoms with E-state index in [1.165, 1.54) is 26.5 Å². The van der Waals surface area contributed by atoms with Crippen LogP contribution in [0.4, 0.5) is 0 Å². The second-order valence-electron chi connectivity index (χ2n) is 5.80. The van der Waals surface area contributed by atoms with E-state index in [2.05, 4.69) is 26.8 Å². The lowest BCUT2D eigenvalue weighted by Crippen LogP contribution is -2.22. The maximum atomic E-state index is 12.7. The third-order valence-corrected chi connectivity index (χ3v) is 4.82. The highest BCUT2D eigenvalue weighted by molar-refractivity contribution is 6.41. The summed E-state index contributed by atoms with van der Waals surface area (Å²) in [4.78, 5) is 35.4. The van der Waals surface area contributed by atoms with Gasteiger partial charge in [0.1, 0.15) is 22.8 Å². The summed E-state index contributed by atoms with van der Waals surface area (Å²) in [7, 11) is 2.92. The molecule has 3 rings (SSSR count). The Morgan fingerprint density at radius 1 is 1.24 bits per heavy atom. The van der Waals surface area contributed by atoms with E-state index in [-0.39, 0.29) is 39.3 Å². The fourth-order valence-corrected chi connectivity index (χ4v) is 3.36. The number of amides is 1. The van der Waals surface area contributed by atoms with E-state index in [0.717, 1.165) is 6.08 Å². The monoisotopic (exact) mass is 434 g/mol. The zero-order valence-corrected chi connectivity index (χ0v) is 17.0. The van der Waals surface area contributed by atoms with Crippen LogP contribution < -0.4 is 20.2 Å². The number of aromatic nitrogens is 3. The number of ether oxygens (including phenoxy) is 2. The number of benzene rings is 1. The number of H-pyrrole nitrogens is 1. The van der Waals surface area contributed by atoms with E-state index in [1.54, 1.807) is 6.07 Å². The number of fused-ring (bicyclic) bond motifs is 1. The number of hydrogen-bond acceptors (Lipinski definition) is 6. The molecule has 8 nitrogen and oxygen atoms in total. The molecule has 0 saturated carbocycles. The number of rotatable bonds is 6. The summed E-state index contributed by atoms with van der Waals surface area (Å²) in [5.74, 6) is 0.598. The van der Waals surface area contributed by atoms with Crippen LogP contribution >= 0.6 is 23.2 Å². The van der Waals surface area contributed by atoms with Gasteiger partial charge in [0.15, 0.2) is 0 Å². The zero-order valence-electron chi connectivity index (χ0n) is 15.5. The van der Waals surface area contributed by atoms with Gasteiger partial charge in [-0.15, -0.1) is 0 Å². The third-order valence-electron chi connectivity index (χ3n) is 4.07. The number of carbonyl (C=O) groups is 1. The SMILES string of the molecule is C=CC(=O)NCc1ncc2[nH]c(-c3c(Cl)c(OC)cc(OC)c3Cl)cc(=O)c2n1. The number of pyridine rings is 1. The summed E-state index contributed by atoms with van der Waals surface area (Å²) in [6.45, 7) is 3.43. The van der Waals surface area contributed by atoms with Crippen molar-refractivity contribution in [3.05, 3.63) is 57.1 Å². The smallest absolute Gasteiger partial charge is 0.243 e. The summed E-state index contributed by atoms with van der Waals surface area (Å²) in [6, 6.07) is 2.88. The first-order valence-corrected chi connectivity index (χ1v) is 9.04. The van der Waals surface area contributed by atoms with Gasteiger partial charge in [-0.2, -0.15) is 0 Å². The van der Waals surface area contributed by atoms with Crippen LogP contribution in [-0.4, -0.2) is 35.1 Å². The summed E-state index contributed by atoms with van der Waals surface area (Å²) in [6.07, 6.45) is 2.58. The molecule has 2 aromatic heterocycles. The molecule has 0 spiro atoms. The Balaban J connectivity index is 2.12. The van der Waals surface area contributed by atoms with Gasteiger partial charge in [-0.3, -0.25) is 9.59 Å². The first-order valence-electron chi connectivity index (χ1n) is 8.29. The van der Waals surface area contributed by atoms with E-state index < -0.39 is 0 Å². The minimum Gasteiger partial charge on any atom is -0.495 e. The van der Waals surface area contributed by atoms with Crippen LogP contribution in [0.3, 0.4) is 0 Å². The minimum atomic E-state index is -0.374. The second-order valence-corrected chi connectivity index (χ2v) is 6.56. The molecule has 1 amide bonds. The summed E-state index contributed by atoms with van der Waals surface area (Å²) in [5.41, 5.74) is 0.868. The molecule has 2 heterocycles. The number of nitrogens with zero attached hydrogens (tertiary/aromatic N) is 2. The molecule has 3 aromatic rings. The number of methoxy groups -OCH3 is 2. The second kappa shape index (κ2) is 8.50. The summed E-state index contributed by atoms with van der Waals surface area (Å²) in [5, 5.41) is 2.99. The number of carbonyl (C=O) groups excluding carboxylic acids is 1. The molecule has 0 radical (unpaired) electrons. The predicted molar refractivity (Wildman–Crippen MR) is 111 cm³/mol. The van der Waals surface area contributed by atoms with Crippen molar-refractivity contribution in [2.75, 3.05) is 14.2 Å². The van der Waals surface area contributed by atoms with Gasteiger partial charge in [-0.1, -0.05) is 29.8 Å². The van der Waals surface area contributed by atoms with E-state index in [1.807, 2.05) is 0 Å². The Labute approximate surface area is 175 Å². The molecule has 2 N–H and O–H groups in total. The molecule has 0 aliphatic heterocycles. The molecule has 0 aliphatic rings. The van der Waals surface area contributed by atoms with E-state index in [0.29, 0.717) is 28.3 Å². The topological polar surface area (TPSA) is 106 Å². The highest BCUT2D eigenvalue weighted by atomic mass is 35.5. The van der Waals surface area contributed by atoms with Gasteiger partial charge in [0.05, 0.1) is 48.2 Å². The van der Waals surface area contributed by atoms with Gasteiger partial charge in [0.2, 0.25) is 11.3 Å². The summed E-state index contributed by atoms with van der Waals surface area (Å²) < 4.78 is 10.5. The lowest BCUT2D eigenvalue weighted by Gasteiger charge is -2.15. The van der Waals surface area contributed by atoms with Crippen molar-refractivity contribution in [1.29, 1.82) is 0 Å². The lowest BCUT2D eigenvalue weighted by molar-refractivity contribution is -0.116. The molecule has 150 valence electrons. The van der Waals surface area contributed by atoms with Crippen molar-refractivity contribution in [2.45, 2.75) is 6.54 Å². The van der Waals surface area contributed by atoms with E-state index in [4.69, 9.17) is 32.7 Å². The highest BCUT2D eigenvalue weighted by Gasteiger charge is 2.20. The van der Waals surface area contributed by atoms with Gasteiger partial charge in [-0.25, -0.2) is 9.97 Å². The van der Waals surface area contributed by atoms with Crippen LogP contribution in [0, 0.1) is 0 Å². The molecule has 0 fully saturated rings. The zero-order chi connectivity index (χ0) is 21.1. The van der Waals surface area contributed by atoms with Crippen molar-refractivity contribution < 1.29 is 14.3 Å². The number of nitrogens with one attached hydrogen (secondary N) is 2. The van der Waals surface area contributed by atoms with Crippen LogP contribution in [-0.2, 0) is 11.3 Å². The van der Waals surface area contributed by atoms with Crippen molar-refractivity contribution in [2.24, 2.45) is 0 Å². The molecule has 29 heavy (non-hydrogen) atoms. The van der Waals surface area contributed by atoms with Crippen LogP contribution in [0.15, 0.2) is 35.8 Å². The molecule has 0 saturated heterocycles. The van der Waals surface area contributed by atoms with Gasteiger partial charge in [0, 0.05) is 17.7 Å². The minimum absolute atomic E-state index is 0.0622. The van der Waals surface area contributed by atoms with Crippen molar-refractivity contribution in [3.8, 4) is 22.8 Å². The van der Waals surface area contributed by atoms with Crippen molar-refractivity contribution in [1.82, 2.24) is 20.3 Å². The normalized spacial score (nSPS) is 10.6. The molecule has 10 heteroatoms. The molecule has 0 aliphatic carbocycles. The third kappa shape index (κ3) is 4.03. The average Bonchev–Trinajstić information content (AvgIpc) is 2.72. The van der Waals surface area contributed by atoms with Crippen LogP contribution in [0.1, 0.15) is 5.82 Å². The maximum absolute atomic E-state index is 12.7. The van der Waals surface area contributed by atoms with Crippen molar-refractivity contribution >= 4 is 40.1 Å². The Hall–Kier alpha value is -3.10. The van der Waals surface area contributed by atoms with E-state index >= 15 is 0 Å². The number of aromatic amines is 1. The van der Waals surface area contributed by atoms with Gasteiger partial charge < -0.3 is 19.8 Å². The summed E-state index contributed by atoms with van der Waals surface area (Å²) >= 11 is 12.8. The van der Waals surface area contributed by atoms with Gasteiger partial charge in [-0.05, 0) is 6.08 Å². The first kappa shape index (κ1) is 20.6. The largest absolute Gasteiger partial charge is 0.495 e. The highest BCUT2D eigenvalue weighted by Crippen LogP contribution is 2.45. The Bertz CT molecular complexity index is 1150. The first-order chi connectivity index (χ1) is 13.9.